The normalized spacial score (nSPS) is 18.0. The Balaban J connectivity index is 1.87. The molecule has 0 aliphatic heterocycles. The van der Waals surface area contributed by atoms with Crippen LogP contribution in [0.1, 0.15) is 38.4 Å². The van der Waals surface area contributed by atoms with Gasteiger partial charge in [-0.2, -0.15) is 4.98 Å². The predicted molar refractivity (Wildman–Crippen MR) is 88.6 cm³/mol. The number of aromatic nitrogens is 4. The summed E-state index contributed by atoms with van der Waals surface area (Å²) in [7, 11) is 0. The van der Waals surface area contributed by atoms with Gasteiger partial charge in [-0.1, -0.05) is 5.16 Å². The molecule has 2 aromatic heterocycles. The van der Waals surface area contributed by atoms with E-state index in [2.05, 4.69) is 30.4 Å². The molecule has 2 aromatic rings. The molecule has 3 N–H and O–H groups in total. The predicted octanol–water partition coefficient (Wildman–Crippen LogP) is 2.85. The van der Waals surface area contributed by atoms with E-state index in [0.717, 1.165) is 0 Å². The minimum absolute atomic E-state index is 0.118. The molecule has 3 rings (SSSR count). The summed E-state index contributed by atoms with van der Waals surface area (Å²) in [6.07, 6.45) is 0.345. The second-order valence-electron chi connectivity index (χ2n) is 6.17. The van der Waals surface area contributed by atoms with Crippen LogP contribution < -0.4 is 10.8 Å². The van der Waals surface area contributed by atoms with Crippen LogP contribution in [0.25, 0.3) is 11.7 Å². The molecule has 140 valence electrons. The second-order valence-corrected chi connectivity index (χ2v) is 6.17. The van der Waals surface area contributed by atoms with Crippen LogP contribution in [0.15, 0.2) is 15.6 Å². The first kappa shape index (κ1) is 18.1. The van der Waals surface area contributed by atoms with Crippen molar-refractivity contribution in [3.05, 3.63) is 11.9 Å². The monoisotopic (exact) mass is 367 g/mol. The molecule has 26 heavy (non-hydrogen) atoms. The molecule has 0 aromatic carbocycles. The van der Waals surface area contributed by atoms with Crippen LogP contribution in [0, 0.1) is 6.92 Å². The lowest BCUT2D eigenvalue weighted by atomic mass is 9.92. The lowest BCUT2D eigenvalue weighted by Crippen LogP contribution is -2.32. The van der Waals surface area contributed by atoms with Gasteiger partial charge < -0.3 is 9.84 Å². The third-order valence-electron chi connectivity index (χ3n) is 3.94. The van der Waals surface area contributed by atoms with Crippen LogP contribution in [-0.4, -0.2) is 43.1 Å². The number of alkyl halides is 2. The summed E-state index contributed by atoms with van der Waals surface area (Å²) in [6.45, 7) is 3.21. The van der Waals surface area contributed by atoms with Gasteiger partial charge in [0.25, 0.3) is 5.89 Å². The Bertz CT molecular complexity index is 799. The molecule has 2 heterocycles. The molecular weight excluding hydrogens is 348 g/mol. The van der Waals surface area contributed by atoms with E-state index in [1.807, 2.05) is 5.48 Å². The molecule has 0 amide bonds. The van der Waals surface area contributed by atoms with Gasteiger partial charge in [0.15, 0.2) is 11.6 Å². The molecule has 0 unspecified atom stereocenters. The number of hydrogen-bond acceptors (Lipinski definition) is 8. The molecule has 0 spiro atoms. The number of nitrogens with one attached hydrogen (secondary N) is 2. The van der Waals surface area contributed by atoms with E-state index >= 15 is 0 Å². The molecule has 0 atom stereocenters. The summed E-state index contributed by atoms with van der Waals surface area (Å²) < 4.78 is 31.7. The molecule has 9 nitrogen and oxygen atoms in total. The lowest BCUT2D eigenvalue weighted by Gasteiger charge is -2.29. The number of nitrogens with zero attached hydrogens (tertiary/aromatic N) is 5. The average molecular weight is 367 g/mol. The van der Waals surface area contributed by atoms with Crippen LogP contribution in [0.3, 0.4) is 0 Å². The van der Waals surface area contributed by atoms with Crippen molar-refractivity contribution in [2.45, 2.75) is 51.5 Å². The number of aryl methyl sites for hydroxylation is 1. The highest BCUT2D eigenvalue weighted by Gasteiger charge is 2.35. The number of hydroxylamine groups is 1. The van der Waals surface area contributed by atoms with Crippen molar-refractivity contribution in [2.75, 3.05) is 5.32 Å². The average Bonchev–Trinajstić information content (AvgIpc) is 3.03. The first-order valence-electron chi connectivity index (χ1n) is 8.14. The zero-order valence-electron chi connectivity index (χ0n) is 14.3. The van der Waals surface area contributed by atoms with Crippen LogP contribution in [0.2, 0.25) is 0 Å². The van der Waals surface area contributed by atoms with Gasteiger partial charge in [-0.25, -0.2) is 23.7 Å². The molecule has 11 heteroatoms. The third kappa shape index (κ3) is 4.48. The lowest BCUT2D eigenvalue weighted by molar-refractivity contribution is -0.0361. The first-order valence-corrected chi connectivity index (χ1v) is 8.14. The van der Waals surface area contributed by atoms with Gasteiger partial charge in [0.1, 0.15) is 11.7 Å². The number of halogens is 2. The van der Waals surface area contributed by atoms with Gasteiger partial charge in [0.05, 0.1) is 0 Å². The molecule has 1 saturated carbocycles. The molecule has 0 bridgehead atoms. The van der Waals surface area contributed by atoms with Crippen molar-refractivity contribution < 1.29 is 18.5 Å². The van der Waals surface area contributed by atoms with Crippen LogP contribution in [0.4, 0.5) is 20.4 Å². The van der Waals surface area contributed by atoms with Crippen LogP contribution in [-0.2, 0) is 0 Å². The minimum atomic E-state index is -2.60. The first-order chi connectivity index (χ1) is 12.3. The highest BCUT2D eigenvalue weighted by atomic mass is 19.3. The topological polar surface area (TPSA) is 121 Å². The van der Waals surface area contributed by atoms with Crippen molar-refractivity contribution in [3.63, 3.8) is 0 Å². The van der Waals surface area contributed by atoms with E-state index in [-0.39, 0.29) is 42.3 Å². The number of amidine groups is 1. The Labute approximate surface area is 147 Å². The number of rotatable bonds is 4. The zero-order valence-corrected chi connectivity index (χ0v) is 14.3. The third-order valence-corrected chi connectivity index (χ3v) is 3.94. The maximum Gasteiger partial charge on any atom is 0.295 e. The van der Waals surface area contributed by atoms with Gasteiger partial charge in [0.2, 0.25) is 11.7 Å². The quantitative estimate of drug-likeness (QED) is 0.428. The fourth-order valence-corrected chi connectivity index (χ4v) is 2.64. The van der Waals surface area contributed by atoms with Crippen molar-refractivity contribution in [1.82, 2.24) is 25.6 Å². The van der Waals surface area contributed by atoms with Gasteiger partial charge in [0, 0.05) is 24.9 Å². The summed E-state index contributed by atoms with van der Waals surface area (Å²) in [5.41, 5.74) is 1.92. The molecule has 1 aliphatic carbocycles. The molecule has 0 radical (unpaired) electrons. The highest BCUT2D eigenvalue weighted by molar-refractivity contribution is 5.81. The summed E-state index contributed by atoms with van der Waals surface area (Å²) in [6, 6.07) is 1.43. The SMILES string of the molecule is CC(=Nc1cc(NC2CCC(F)(F)CC2)nc(-c2nc(C)no2)n1)NO. The van der Waals surface area contributed by atoms with E-state index in [4.69, 9.17) is 9.73 Å². The van der Waals surface area contributed by atoms with E-state index in [1.54, 1.807) is 19.9 Å². The van der Waals surface area contributed by atoms with Gasteiger partial charge in [-0.05, 0) is 26.7 Å². The van der Waals surface area contributed by atoms with Gasteiger partial charge >= 0.3 is 0 Å². The van der Waals surface area contributed by atoms with Crippen molar-refractivity contribution in [3.8, 4) is 11.7 Å². The number of anilines is 1. The highest BCUT2D eigenvalue weighted by Crippen LogP contribution is 2.34. The second kappa shape index (κ2) is 7.28. The molecule has 1 aliphatic rings. The summed E-state index contributed by atoms with van der Waals surface area (Å²) in [4.78, 5) is 16.7. The smallest absolute Gasteiger partial charge is 0.295 e. The molecule has 0 saturated heterocycles. The number of hydrogen-bond donors (Lipinski definition) is 3. The van der Waals surface area contributed by atoms with Crippen molar-refractivity contribution >= 4 is 17.5 Å². The maximum atomic E-state index is 13.3. The fraction of sp³-hybridized carbons (Fsp3) is 0.533. The largest absolute Gasteiger partial charge is 0.367 e. The van der Waals surface area contributed by atoms with Crippen LogP contribution >= 0.6 is 0 Å². The van der Waals surface area contributed by atoms with Gasteiger partial charge in [-0.3, -0.25) is 10.7 Å². The Morgan fingerprint density at radius 3 is 2.65 bits per heavy atom. The Morgan fingerprint density at radius 1 is 1.31 bits per heavy atom. The van der Waals surface area contributed by atoms with E-state index in [1.165, 1.54) is 0 Å². The van der Waals surface area contributed by atoms with E-state index in [0.29, 0.717) is 24.5 Å². The summed E-state index contributed by atoms with van der Waals surface area (Å²) >= 11 is 0. The van der Waals surface area contributed by atoms with Crippen LogP contribution in [0.5, 0.6) is 0 Å². The Hall–Kier alpha value is -2.69. The van der Waals surface area contributed by atoms with Crippen molar-refractivity contribution in [2.24, 2.45) is 4.99 Å². The molecular formula is C15H19F2N7O2. The van der Waals surface area contributed by atoms with Crippen molar-refractivity contribution in [1.29, 1.82) is 0 Å². The summed E-state index contributed by atoms with van der Waals surface area (Å²) in [5.74, 6) is -1.03. The number of aliphatic imine (C=N–C) groups is 1. The van der Waals surface area contributed by atoms with E-state index < -0.39 is 5.92 Å². The minimum Gasteiger partial charge on any atom is -0.367 e. The standard InChI is InChI=1S/C15H19F2N7O2/c1-8(23-25)18-11-7-12(20-10-3-5-15(16,17)6-4-10)22-13(21-11)14-19-9(2)24-26-14/h7,10,25H,3-6H2,1-2H3,(H2,18,20,21,22,23). The Morgan fingerprint density at radius 2 is 2.04 bits per heavy atom. The van der Waals surface area contributed by atoms with Gasteiger partial charge in [-0.15, -0.1) is 0 Å². The Kier molecular flexibility index (Phi) is 5.07. The molecule has 1 fully saturated rings. The summed E-state index contributed by atoms with van der Waals surface area (Å²) in [5, 5.41) is 15.8. The zero-order chi connectivity index (χ0) is 18.7. The van der Waals surface area contributed by atoms with E-state index in [9.17, 15) is 8.78 Å². The maximum absolute atomic E-state index is 13.3. The fourth-order valence-electron chi connectivity index (χ4n) is 2.64.